The summed E-state index contributed by atoms with van der Waals surface area (Å²) in [6, 6.07) is 7.77. The fourth-order valence-electron chi connectivity index (χ4n) is 2.75. The quantitative estimate of drug-likeness (QED) is 0.855. The predicted molar refractivity (Wildman–Crippen MR) is 84.3 cm³/mol. The van der Waals surface area contributed by atoms with Crippen molar-refractivity contribution in [1.82, 2.24) is 0 Å². The second-order valence-electron chi connectivity index (χ2n) is 5.29. The number of nitrogens with zero attached hydrogens (tertiary/aromatic N) is 1. The number of nitrogens with one attached hydrogen (secondary N) is 1. The normalized spacial score (nSPS) is 22.1. The van der Waals surface area contributed by atoms with E-state index in [-0.39, 0.29) is 5.78 Å². The average molecular weight is 288 g/mol. The van der Waals surface area contributed by atoms with Gasteiger partial charge in [0.25, 0.3) is 0 Å². The number of rotatable bonds is 4. The Kier molecular flexibility index (Phi) is 5.08. The molecular formula is C16H20N2OS. The summed E-state index contributed by atoms with van der Waals surface area (Å²) < 4.78 is 0. The van der Waals surface area contributed by atoms with Crippen LogP contribution in [-0.4, -0.2) is 23.3 Å². The lowest BCUT2D eigenvalue weighted by molar-refractivity contribution is 0.101. The number of ketones is 1. The van der Waals surface area contributed by atoms with Crippen LogP contribution < -0.4 is 5.32 Å². The molecule has 1 N–H and O–H groups in total. The molecule has 2 rings (SSSR count). The zero-order valence-corrected chi connectivity index (χ0v) is 12.8. The summed E-state index contributed by atoms with van der Waals surface area (Å²) in [5, 5.41) is 13.2. The van der Waals surface area contributed by atoms with Gasteiger partial charge in [-0.15, -0.1) is 0 Å². The number of carbonyl (C=O) groups is 1. The number of anilines is 1. The van der Waals surface area contributed by atoms with Crippen molar-refractivity contribution >= 4 is 23.2 Å². The van der Waals surface area contributed by atoms with Gasteiger partial charge in [-0.25, -0.2) is 0 Å². The van der Waals surface area contributed by atoms with Gasteiger partial charge in [0.2, 0.25) is 0 Å². The van der Waals surface area contributed by atoms with Crippen molar-refractivity contribution in [3.8, 4) is 6.07 Å². The number of benzene rings is 1. The van der Waals surface area contributed by atoms with E-state index in [0.717, 1.165) is 18.5 Å². The molecule has 1 aromatic carbocycles. The standard InChI is InChI=1S/C16H20N2OS/c1-11(19)15-7-6-12(10-17)8-16(15)18-13-4-3-5-14(9-13)20-2/h6-8,13-14,18H,3-5,9H2,1-2H3. The molecular weight excluding hydrogens is 268 g/mol. The Labute approximate surface area is 124 Å². The van der Waals surface area contributed by atoms with Crippen LogP contribution in [0.15, 0.2) is 18.2 Å². The number of Topliss-reactive ketones (excluding diaryl/α,β-unsaturated/α-hetero) is 1. The van der Waals surface area contributed by atoms with Gasteiger partial charge >= 0.3 is 0 Å². The Balaban J connectivity index is 2.19. The number of thioether (sulfide) groups is 1. The third-order valence-corrected chi connectivity index (χ3v) is 4.94. The van der Waals surface area contributed by atoms with Crippen LogP contribution in [-0.2, 0) is 0 Å². The minimum Gasteiger partial charge on any atom is -0.382 e. The molecule has 3 nitrogen and oxygen atoms in total. The van der Waals surface area contributed by atoms with Crippen molar-refractivity contribution in [2.24, 2.45) is 0 Å². The largest absolute Gasteiger partial charge is 0.382 e. The van der Waals surface area contributed by atoms with E-state index in [2.05, 4.69) is 17.6 Å². The first kappa shape index (κ1) is 14.9. The molecule has 0 amide bonds. The average Bonchev–Trinajstić information content (AvgIpc) is 2.47. The SMILES string of the molecule is CSC1CCCC(Nc2cc(C#N)ccc2C(C)=O)C1. The molecule has 0 bridgehead atoms. The summed E-state index contributed by atoms with van der Waals surface area (Å²) in [5.74, 6) is 0.0363. The van der Waals surface area contributed by atoms with E-state index in [1.54, 1.807) is 25.1 Å². The number of hydrogen-bond acceptors (Lipinski definition) is 4. The second kappa shape index (κ2) is 6.81. The molecule has 1 saturated carbocycles. The Morgan fingerprint density at radius 1 is 1.45 bits per heavy atom. The summed E-state index contributed by atoms with van der Waals surface area (Å²) >= 11 is 1.92. The Bertz CT molecular complexity index is 536. The van der Waals surface area contributed by atoms with Gasteiger partial charge in [-0.2, -0.15) is 17.0 Å². The molecule has 2 unspecified atom stereocenters. The van der Waals surface area contributed by atoms with Gasteiger partial charge in [-0.3, -0.25) is 4.79 Å². The highest BCUT2D eigenvalue weighted by atomic mass is 32.2. The highest BCUT2D eigenvalue weighted by Gasteiger charge is 2.22. The van der Waals surface area contributed by atoms with Crippen LogP contribution in [0.3, 0.4) is 0 Å². The smallest absolute Gasteiger partial charge is 0.161 e. The van der Waals surface area contributed by atoms with Crippen LogP contribution >= 0.6 is 11.8 Å². The Hall–Kier alpha value is -1.47. The van der Waals surface area contributed by atoms with Crippen molar-refractivity contribution in [1.29, 1.82) is 5.26 Å². The first-order chi connectivity index (χ1) is 9.63. The van der Waals surface area contributed by atoms with Gasteiger partial charge in [-0.05, 0) is 50.6 Å². The topological polar surface area (TPSA) is 52.9 Å². The third kappa shape index (κ3) is 3.55. The van der Waals surface area contributed by atoms with E-state index >= 15 is 0 Å². The maximum atomic E-state index is 11.7. The molecule has 20 heavy (non-hydrogen) atoms. The summed E-state index contributed by atoms with van der Waals surface area (Å²) in [6.07, 6.45) is 6.90. The summed E-state index contributed by atoms with van der Waals surface area (Å²) in [6.45, 7) is 1.57. The van der Waals surface area contributed by atoms with Gasteiger partial charge in [0, 0.05) is 22.5 Å². The lowest BCUT2D eigenvalue weighted by Crippen LogP contribution is -2.29. The minimum atomic E-state index is 0.0363. The molecule has 0 saturated heterocycles. The van der Waals surface area contributed by atoms with Crippen LogP contribution in [0.1, 0.15) is 48.5 Å². The fraction of sp³-hybridized carbons (Fsp3) is 0.500. The Morgan fingerprint density at radius 2 is 2.25 bits per heavy atom. The van der Waals surface area contributed by atoms with E-state index in [4.69, 9.17) is 5.26 Å². The highest BCUT2D eigenvalue weighted by molar-refractivity contribution is 7.99. The highest BCUT2D eigenvalue weighted by Crippen LogP contribution is 2.30. The molecule has 0 aliphatic heterocycles. The lowest BCUT2D eigenvalue weighted by Gasteiger charge is -2.30. The Morgan fingerprint density at radius 3 is 2.90 bits per heavy atom. The van der Waals surface area contributed by atoms with Crippen molar-refractivity contribution in [2.45, 2.75) is 43.9 Å². The van der Waals surface area contributed by atoms with Crippen molar-refractivity contribution in [3.63, 3.8) is 0 Å². The molecule has 4 heteroatoms. The maximum Gasteiger partial charge on any atom is 0.161 e. The zero-order chi connectivity index (χ0) is 14.5. The van der Waals surface area contributed by atoms with Crippen molar-refractivity contribution < 1.29 is 4.79 Å². The van der Waals surface area contributed by atoms with E-state index in [1.165, 1.54) is 12.8 Å². The molecule has 0 heterocycles. The fourth-order valence-corrected chi connectivity index (χ4v) is 3.58. The van der Waals surface area contributed by atoms with E-state index in [0.29, 0.717) is 22.4 Å². The van der Waals surface area contributed by atoms with E-state index < -0.39 is 0 Å². The summed E-state index contributed by atoms with van der Waals surface area (Å²) in [7, 11) is 0. The third-order valence-electron chi connectivity index (χ3n) is 3.85. The molecule has 0 radical (unpaired) electrons. The molecule has 1 aliphatic carbocycles. The number of nitriles is 1. The van der Waals surface area contributed by atoms with Gasteiger partial charge in [0.1, 0.15) is 0 Å². The number of carbonyl (C=O) groups excluding carboxylic acids is 1. The monoisotopic (exact) mass is 288 g/mol. The van der Waals surface area contributed by atoms with Crippen LogP contribution in [0.4, 0.5) is 5.69 Å². The van der Waals surface area contributed by atoms with Crippen molar-refractivity contribution in [2.75, 3.05) is 11.6 Å². The zero-order valence-electron chi connectivity index (χ0n) is 12.0. The number of hydrogen-bond donors (Lipinski definition) is 1. The second-order valence-corrected chi connectivity index (χ2v) is 6.43. The molecule has 0 spiro atoms. The van der Waals surface area contributed by atoms with Crippen LogP contribution in [0.5, 0.6) is 0 Å². The molecule has 1 fully saturated rings. The maximum absolute atomic E-state index is 11.7. The molecule has 106 valence electrons. The first-order valence-corrected chi connectivity index (χ1v) is 8.27. The minimum absolute atomic E-state index is 0.0363. The van der Waals surface area contributed by atoms with Crippen molar-refractivity contribution in [3.05, 3.63) is 29.3 Å². The molecule has 2 atom stereocenters. The van der Waals surface area contributed by atoms with Crippen LogP contribution in [0.2, 0.25) is 0 Å². The van der Waals surface area contributed by atoms with Crippen LogP contribution in [0, 0.1) is 11.3 Å². The van der Waals surface area contributed by atoms with Crippen LogP contribution in [0.25, 0.3) is 0 Å². The van der Waals surface area contributed by atoms with E-state index in [1.807, 2.05) is 11.8 Å². The first-order valence-electron chi connectivity index (χ1n) is 6.98. The molecule has 1 aromatic rings. The molecule has 1 aliphatic rings. The lowest BCUT2D eigenvalue weighted by atomic mass is 9.94. The molecule has 0 aromatic heterocycles. The summed E-state index contributed by atoms with van der Waals surface area (Å²) in [5.41, 5.74) is 2.08. The van der Waals surface area contributed by atoms with Gasteiger partial charge < -0.3 is 5.32 Å². The van der Waals surface area contributed by atoms with Gasteiger partial charge in [0.05, 0.1) is 11.6 Å². The van der Waals surface area contributed by atoms with Gasteiger partial charge in [-0.1, -0.05) is 6.42 Å². The van der Waals surface area contributed by atoms with E-state index in [9.17, 15) is 4.79 Å². The van der Waals surface area contributed by atoms with Gasteiger partial charge in [0.15, 0.2) is 5.78 Å². The summed E-state index contributed by atoms with van der Waals surface area (Å²) in [4.78, 5) is 11.7. The predicted octanol–water partition coefficient (Wildman–Crippen LogP) is 3.85.